The monoisotopic (exact) mass is 316 g/mol. The first-order valence-electron chi connectivity index (χ1n) is 5.29. The van der Waals surface area contributed by atoms with E-state index in [9.17, 15) is 8.42 Å². The predicted octanol–water partition coefficient (Wildman–Crippen LogP) is 3.50. The molecule has 1 aromatic carbocycles. The lowest BCUT2D eigenvalue weighted by Gasteiger charge is -2.10. The topological polar surface area (TPSA) is 59.1 Å². The second-order valence-corrected chi connectivity index (χ2v) is 6.38. The highest BCUT2D eigenvalue weighted by atomic mass is 35.5. The molecule has 0 spiro atoms. The van der Waals surface area contributed by atoms with Gasteiger partial charge in [-0.1, -0.05) is 29.3 Å². The first-order valence-corrected chi connectivity index (χ1v) is 7.53. The predicted molar refractivity (Wildman–Crippen MR) is 76.2 cm³/mol. The number of nitrogens with one attached hydrogen (secondary N) is 1. The minimum atomic E-state index is -3.73. The Kier molecular flexibility index (Phi) is 3.99. The lowest BCUT2D eigenvalue weighted by atomic mass is 10.2. The Morgan fingerprint density at radius 2 is 1.89 bits per heavy atom. The number of sulfonamides is 1. The fraction of sp³-hybridized carbons (Fsp3) is 0.0833. The van der Waals surface area contributed by atoms with Crippen molar-refractivity contribution < 1.29 is 8.42 Å². The van der Waals surface area contributed by atoms with Gasteiger partial charge in [0, 0.05) is 6.20 Å². The molecule has 0 bridgehead atoms. The van der Waals surface area contributed by atoms with Crippen LogP contribution in [0.2, 0.25) is 10.2 Å². The molecule has 0 amide bonds. The van der Waals surface area contributed by atoms with Crippen LogP contribution in [0.3, 0.4) is 0 Å². The van der Waals surface area contributed by atoms with Crippen LogP contribution in [0, 0.1) is 6.92 Å². The summed E-state index contributed by atoms with van der Waals surface area (Å²) in [6.45, 7) is 1.84. The number of rotatable bonds is 3. The summed E-state index contributed by atoms with van der Waals surface area (Å²) in [4.78, 5) is 3.77. The molecule has 0 unspecified atom stereocenters. The highest BCUT2D eigenvalue weighted by Crippen LogP contribution is 2.25. The fourth-order valence-electron chi connectivity index (χ4n) is 1.47. The van der Waals surface area contributed by atoms with Gasteiger partial charge in [0.2, 0.25) is 0 Å². The van der Waals surface area contributed by atoms with Gasteiger partial charge < -0.3 is 0 Å². The summed E-state index contributed by atoms with van der Waals surface area (Å²) in [5.41, 5.74) is 1.23. The number of hydrogen-bond donors (Lipinski definition) is 1. The molecule has 1 N–H and O–H groups in total. The van der Waals surface area contributed by atoms with Crippen molar-refractivity contribution in [3.05, 3.63) is 52.3 Å². The lowest BCUT2D eigenvalue weighted by molar-refractivity contribution is 0.601. The Morgan fingerprint density at radius 3 is 2.58 bits per heavy atom. The number of aromatic nitrogens is 1. The summed E-state index contributed by atoms with van der Waals surface area (Å²) < 4.78 is 26.7. The normalized spacial score (nSPS) is 11.3. The highest BCUT2D eigenvalue weighted by Gasteiger charge is 2.16. The Bertz CT molecular complexity index is 717. The summed E-state index contributed by atoms with van der Waals surface area (Å²) in [6, 6.07) is 7.71. The van der Waals surface area contributed by atoms with Crippen LogP contribution in [-0.2, 0) is 10.0 Å². The average molecular weight is 317 g/mol. The molecule has 0 aliphatic rings. The van der Waals surface area contributed by atoms with E-state index in [0.29, 0.717) is 10.7 Å². The van der Waals surface area contributed by atoms with E-state index < -0.39 is 10.0 Å². The minimum absolute atomic E-state index is 0.0325. The van der Waals surface area contributed by atoms with Gasteiger partial charge in [-0.15, -0.1) is 0 Å². The number of benzene rings is 1. The summed E-state index contributed by atoms with van der Waals surface area (Å²) >= 11 is 11.6. The second kappa shape index (κ2) is 5.36. The standard InChI is InChI=1S/C12H10Cl2N2O2S/c1-8-2-3-10(13)11(6-8)16-19(17,18)9-4-5-15-12(14)7-9/h2-7,16H,1H3. The van der Waals surface area contributed by atoms with Crippen LogP contribution in [0.25, 0.3) is 0 Å². The van der Waals surface area contributed by atoms with Crippen LogP contribution in [0.1, 0.15) is 5.56 Å². The second-order valence-electron chi connectivity index (χ2n) is 3.90. The summed E-state index contributed by atoms with van der Waals surface area (Å²) in [5, 5.41) is 0.438. The van der Waals surface area contributed by atoms with Gasteiger partial charge in [0.1, 0.15) is 5.15 Å². The van der Waals surface area contributed by atoms with Crippen molar-refractivity contribution in [2.75, 3.05) is 4.72 Å². The minimum Gasteiger partial charge on any atom is -0.278 e. The quantitative estimate of drug-likeness (QED) is 0.882. The van der Waals surface area contributed by atoms with E-state index in [1.807, 2.05) is 6.92 Å². The van der Waals surface area contributed by atoms with Gasteiger partial charge in [-0.2, -0.15) is 0 Å². The van der Waals surface area contributed by atoms with Gasteiger partial charge in [-0.3, -0.25) is 4.72 Å². The van der Waals surface area contributed by atoms with Gasteiger partial charge in [-0.05, 0) is 36.8 Å². The van der Waals surface area contributed by atoms with Crippen molar-refractivity contribution in [3.8, 4) is 0 Å². The van der Waals surface area contributed by atoms with E-state index >= 15 is 0 Å². The molecule has 4 nitrogen and oxygen atoms in total. The third-order valence-corrected chi connectivity index (χ3v) is 4.27. The molecule has 7 heteroatoms. The summed E-state index contributed by atoms with van der Waals surface area (Å²) in [5.74, 6) is 0. The Labute approximate surface area is 121 Å². The Balaban J connectivity index is 2.39. The molecular weight excluding hydrogens is 307 g/mol. The zero-order valence-corrected chi connectivity index (χ0v) is 12.2. The first-order chi connectivity index (χ1) is 8.88. The van der Waals surface area contributed by atoms with Gasteiger partial charge >= 0.3 is 0 Å². The molecule has 100 valence electrons. The zero-order valence-electron chi connectivity index (χ0n) is 9.89. The molecule has 0 saturated carbocycles. The van der Waals surface area contributed by atoms with Crippen molar-refractivity contribution in [3.63, 3.8) is 0 Å². The van der Waals surface area contributed by atoms with Gasteiger partial charge in [0.05, 0.1) is 15.6 Å². The maximum Gasteiger partial charge on any atom is 0.262 e. The molecule has 2 rings (SSSR count). The number of aryl methyl sites for hydroxylation is 1. The third kappa shape index (κ3) is 3.37. The molecule has 0 radical (unpaired) electrons. The van der Waals surface area contributed by atoms with E-state index in [-0.39, 0.29) is 10.0 Å². The highest BCUT2D eigenvalue weighted by molar-refractivity contribution is 7.92. The molecule has 2 aromatic rings. The maximum absolute atomic E-state index is 12.2. The van der Waals surface area contributed by atoms with E-state index in [1.54, 1.807) is 18.2 Å². The van der Waals surface area contributed by atoms with E-state index in [0.717, 1.165) is 5.56 Å². The molecule has 0 atom stereocenters. The van der Waals surface area contributed by atoms with E-state index in [4.69, 9.17) is 23.2 Å². The molecule has 19 heavy (non-hydrogen) atoms. The van der Waals surface area contributed by atoms with Gasteiger partial charge in [-0.25, -0.2) is 13.4 Å². The largest absolute Gasteiger partial charge is 0.278 e. The lowest BCUT2D eigenvalue weighted by Crippen LogP contribution is -2.13. The third-order valence-electron chi connectivity index (χ3n) is 2.37. The van der Waals surface area contributed by atoms with Gasteiger partial charge in [0.15, 0.2) is 0 Å². The van der Waals surface area contributed by atoms with Gasteiger partial charge in [0.25, 0.3) is 10.0 Å². The van der Waals surface area contributed by atoms with Crippen LogP contribution in [0.15, 0.2) is 41.4 Å². The fourth-order valence-corrected chi connectivity index (χ4v) is 3.02. The Hall–Kier alpha value is -1.30. The van der Waals surface area contributed by atoms with Crippen LogP contribution in [0.5, 0.6) is 0 Å². The number of pyridine rings is 1. The van der Waals surface area contributed by atoms with Crippen molar-refractivity contribution in [1.29, 1.82) is 0 Å². The van der Waals surface area contributed by atoms with Crippen LogP contribution >= 0.6 is 23.2 Å². The average Bonchev–Trinajstić information content (AvgIpc) is 2.33. The summed E-state index contributed by atoms with van der Waals surface area (Å²) in [7, 11) is -3.73. The number of nitrogens with zero attached hydrogens (tertiary/aromatic N) is 1. The smallest absolute Gasteiger partial charge is 0.262 e. The van der Waals surface area contributed by atoms with E-state index in [2.05, 4.69) is 9.71 Å². The van der Waals surface area contributed by atoms with Crippen molar-refractivity contribution in [1.82, 2.24) is 4.98 Å². The molecule has 0 aliphatic carbocycles. The molecule has 0 fully saturated rings. The van der Waals surface area contributed by atoms with Crippen LogP contribution in [-0.4, -0.2) is 13.4 Å². The molecule has 1 heterocycles. The molecule has 0 aliphatic heterocycles. The molecular formula is C12H10Cl2N2O2S. The van der Waals surface area contributed by atoms with Crippen molar-refractivity contribution in [2.24, 2.45) is 0 Å². The molecule has 0 saturated heterocycles. The van der Waals surface area contributed by atoms with Crippen LogP contribution < -0.4 is 4.72 Å². The van der Waals surface area contributed by atoms with E-state index in [1.165, 1.54) is 18.3 Å². The maximum atomic E-state index is 12.2. The van der Waals surface area contributed by atoms with Crippen molar-refractivity contribution >= 4 is 38.9 Å². The molecule has 1 aromatic heterocycles. The number of halogens is 2. The summed E-state index contributed by atoms with van der Waals surface area (Å²) in [6.07, 6.45) is 1.33. The van der Waals surface area contributed by atoms with Crippen molar-refractivity contribution in [2.45, 2.75) is 11.8 Å². The first kappa shape index (κ1) is 14.1. The number of anilines is 1. The Morgan fingerprint density at radius 1 is 1.16 bits per heavy atom. The SMILES string of the molecule is Cc1ccc(Cl)c(NS(=O)(=O)c2ccnc(Cl)c2)c1. The number of hydrogen-bond acceptors (Lipinski definition) is 3. The van der Waals surface area contributed by atoms with Crippen LogP contribution in [0.4, 0.5) is 5.69 Å². The zero-order chi connectivity index (χ0) is 14.0.